The van der Waals surface area contributed by atoms with Crippen LogP contribution >= 0.6 is 11.3 Å². The minimum absolute atomic E-state index is 0.107. The number of aryl methyl sites for hydroxylation is 2. The first-order chi connectivity index (χ1) is 12.7. The number of ether oxygens (including phenoxy) is 1. The van der Waals surface area contributed by atoms with Crippen molar-refractivity contribution in [2.75, 3.05) is 12.4 Å². The molecule has 0 saturated heterocycles. The first-order valence-corrected chi connectivity index (χ1v) is 9.64. The Morgan fingerprint density at radius 3 is 2.81 bits per heavy atom. The van der Waals surface area contributed by atoms with E-state index in [2.05, 4.69) is 16.4 Å². The summed E-state index contributed by atoms with van der Waals surface area (Å²) >= 11 is 1.43. The molecule has 1 heterocycles. The van der Waals surface area contributed by atoms with Crippen LogP contribution in [0.3, 0.4) is 0 Å². The summed E-state index contributed by atoms with van der Waals surface area (Å²) in [5, 5.41) is 5.47. The summed E-state index contributed by atoms with van der Waals surface area (Å²) in [5.74, 6) is 0.681. The Morgan fingerprint density at radius 2 is 1.96 bits per heavy atom. The van der Waals surface area contributed by atoms with Gasteiger partial charge in [0.1, 0.15) is 5.75 Å². The molecule has 2 aromatic carbocycles. The van der Waals surface area contributed by atoms with Crippen molar-refractivity contribution < 1.29 is 9.53 Å². The van der Waals surface area contributed by atoms with Crippen LogP contribution in [-0.4, -0.2) is 18.0 Å². The van der Waals surface area contributed by atoms with Crippen molar-refractivity contribution in [2.24, 2.45) is 0 Å². The summed E-state index contributed by atoms with van der Waals surface area (Å²) in [6.07, 6.45) is 4.63. The second-order valence-corrected chi connectivity index (χ2v) is 7.27. The lowest BCUT2D eigenvalue weighted by Gasteiger charge is -2.16. The molecule has 0 aliphatic heterocycles. The third-order valence-corrected chi connectivity index (χ3v) is 5.46. The zero-order chi connectivity index (χ0) is 17.9. The van der Waals surface area contributed by atoms with Crippen molar-refractivity contribution in [3.63, 3.8) is 0 Å². The average Bonchev–Trinajstić information content (AvgIpc) is 3.16. The van der Waals surface area contributed by atoms with E-state index in [-0.39, 0.29) is 5.91 Å². The van der Waals surface area contributed by atoms with E-state index in [4.69, 9.17) is 4.74 Å². The average molecular weight is 364 g/mol. The van der Waals surface area contributed by atoms with Crippen molar-refractivity contribution >= 4 is 22.4 Å². The molecule has 0 saturated carbocycles. The Labute approximate surface area is 156 Å². The molecule has 0 radical (unpaired) electrons. The van der Waals surface area contributed by atoms with Crippen molar-refractivity contribution in [1.29, 1.82) is 0 Å². The SMILES string of the molecule is COc1cccc(-c2csc(NC(=O)c3ccc4c(c3)CCCC4)n2)c1. The van der Waals surface area contributed by atoms with Gasteiger partial charge < -0.3 is 4.74 Å². The van der Waals surface area contributed by atoms with Crippen LogP contribution in [0, 0.1) is 0 Å². The molecule has 0 spiro atoms. The Bertz CT molecular complexity index is 949. The number of anilines is 1. The number of aromatic nitrogens is 1. The largest absolute Gasteiger partial charge is 0.497 e. The second kappa shape index (κ2) is 7.30. The molecule has 0 fully saturated rings. The molecule has 0 atom stereocenters. The van der Waals surface area contributed by atoms with Gasteiger partial charge in [0, 0.05) is 16.5 Å². The van der Waals surface area contributed by atoms with Gasteiger partial charge in [0.2, 0.25) is 0 Å². The van der Waals surface area contributed by atoms with Gasteiger partial charge in [-0.1, -0.05) is 18.2 Å². The van der Waals surface area contributed by atoms with Crippen LogP contribution in [0.25, 0.3) is 11.3 Å². The topological polar surface area (TPSA) is 51.2 Å². The molecular formula is C21H20N2O2S. The fourth-order valence-corrected chi connectivity index (χ4v) is 4.00. The number of benzene rings is 2. The molecule has 1 aliphatic carbocycles. The Morgan fingerprint density at radius 1 is 1.12 bits per heavy atom. The van der Waals surface area contributed by atoms with Gasteiger partial charge in [-0.25, -0.2) is 4.98 Å². The summed E-state index contributed by atoms with van der Waals surface area (Å²) in [7, 11) is 1.64. The minimum atomic E-state index is -0.107. The maximum atomic E-state index is 12.6. The van der Waals surface area contributed by atoms with Crippen molar-refractivity contribution in [1.82, 2.24) is 4.98 Å². The molecule has 1 aromatic heterocycles. The quantitative estimate of drug-likeness (QED) is 0.713. The highest BCUT2D eigenvalue weighted by Crippen LogP contribution is 2.28. The van der Waals surface area contributed by atoms with Crippen molar-refractivity contribution in [2.45, 2.75) is 25.7 Å². The van der Waals surface area contributed by atoms with E-state index >= 15 is 0 Å². The fourth-order valence-electron chi connectivity index (χ4n) is 3.29. The van der Waals surface area contributed by atoms with Gasteiger partial charge in [-0.2, -0.15) is 0 Å². The van der Waals surface area contributed by atoms with Crippen LogP contribution in [0.1, 0.15) is 34.3 Å². The zero-order valence-corrected chi connectivity index (χ0v) is 15.4. The Hall–Kier alpha value is -2.66. The number of fused-ring (bicyclic) bond motifs is 1. The lowest BCUT2D eigenvalue weighted by molar-refractivity contribution is 0.102. The first-order valence-electron chi connectivity index (χ1n) is 8.76. The third kappa shape index (κ3) is 3.48. The number of hydrogen-bond donors (Lipinski definition) is 1. The van der Waals surface area contributed by atoms with Crippen LogP contribution < -0.4 is 10.1 Å². The number of nitrogens with one attached hydrogen (secondary N) is 1. The maximum absolute atomic E-state index is 12.6. The monoisotopic (exact) mass is 364 g/mol. The molecule has 132 valence electrons. The van der Waals surface area contributed by atoms with E-state index < -0.39 is 0 Å². The molecule has 26 heavy (non-hydrogen) atoms. The maximum Gasteiger partial charge on any atom is 0.257 e. The number of nitrogens with zero attached hydrogens (tertiary/aromatic N) is 1. The number of thiazole rings is 1. The van der Waals surface area contributed by atoms with E-state index in [1.54, 1.807) is 7.11 Å². The van der Waals surface area contributed by atoms with Crippen LogP contribution in [0.2, 0.25) is 0 Å². The van der Waals surface area contributed by atoms with E-state index in [0.29, 0.717) is 10.7 Å². The number of carbonyl (C=O) groups excluding carboxylic acids is 1. The van der Waals surface area contributed by atoms with Crippen molar-refractivity contribution in [3.05, 3.63) is 64.5 Å². The first kappa shape index (κ1) is 16.8. The summed E-state index contributed by atoms with van der Waals surface area (Å²) in [5.41, 5.74) is 5.18. The molecule has 0 unspecified atom stereocenters. The number of amides is 1. The molecule has 1 aliphatic rings. The molecule has 1 N–H and O–H groups in total. The molecule has 0 bridgehead atoms. The summed E-state index contributed by atoms with van der Waals surface area (Å²) < 4.78 is 5.26. The number of hydrogen-bond acceptors (Lipinski definition) is 4. The molecule has 1 amide bonds. The highest BCUT2D eigenvalue weighted by molar-refractivity contribution is 7.14. The lowest BCUT2D eigenvalue weighted by Crippen LogP contribution is -2.13. The highest BCUT2D eigenvalue weighted by atomic mass is 32.1. The lowest BCUT2D eigenvalue weighted by atomic mass is 9.90. The number of carbonyl (C=O) groups is 1. The second-order valence-electron chi connectivity index (χ2n) is 6.41. The van der Waals surface area contributed by atoms with E-state index in [0.717, 1.165) is 29.8 Å². The van der Waals surface area contributed by atoms with Gasteiger partial charge in [-0.05, 0) is 61.1 Å². The van der Waals surface area contributed by atoms with Gasteiger partial charge in [-0.15, -0.1) is 11.3 Å². The Balaban J connectivity index is 1.51. The fraction of sp³-hybridized carbons (Fsp3) is 0.238. The van der Waals surface area contributed by atoms with Gasteiger partial charge in [-0.3, -0.25) is 10.1 Å². The van der Waals surface area contributed by atoms with Gasteiger partial charge in [0.25, 0.3) is 5.91 Å². The van der Waals surface area contributed by atoms with Gasteiger partial charge in [0.05, 0.1) is 12.8 Å². The van der Waals surface area contributed by atoms with Crippen LogP contribution in [-0.2, 0) is 12.8 Å². The molecule has 4 nitrogen and oxygen atoms in total. The van der Waals surface area contributed by atoms with Crippen molar-refractivity contribution in [3.8, 4) is 17.0 Å². The standard InChI is InChI=1S/C21H20N2O2S/c1-25-18-8-4-7-16(12-18)19-13-26-21(22-19)23-20(24)17-10-9-14-5-2-3-6-15(14)11-17/h4,7-13H,2-3,5-6H2,1H3,(H,22,23,24). The molecule has 4 rings (SSSR count). The third-order valence-electron chi connectivity index (χ3n) is 4.70. The molecule has 3 aromatic rings. The predicted molar refractivity (Wildman–Crippen MR) is 105 cm³/mol. The van der Waals surface area contributed by atoms with Crippen LogP contribution in [0.15, 0.2) is 47.8 Å². The summed E-state index contributed by atoms with van der Waals surface area (Å²) in [4.78, 5) is 17.1. The zero-order valence-electron chi connectivity index (χ0n) is 14.6. The normalized spacial score (nSPS) is 13.1. The predicted octanol–water partition coefficient (Wildman–Crippen LogP) is 4.95. The smallest absolute Gasteiger partial charge is 0.257 e. The van der Waals surface area contributed by atoms with Crippen LogP contribution in [0.5, 0.6) is 5.75 Å². The number of rotatable bonds is 4. The van der Waals surface area contributed by atoms with E-state index in [9.17, 15) is 4.79 Å². The van der Waals surface area contributed by atoms with Gasteiger partial charge in [0.15, 0.2) is 5.13 Å². The van der Waals surface area contributed by atoms with E-state index in [1.807, 2.05) is 41.8 Å². The van der Waals surface area contributed by atoms with E-state index in [1.165, 1.54) is 35.3 Å². The highest BCUT2D eigenvalue weighted by Gasteiger charge is 2.14. The minimum Gasteiger partial charge on any atom is -0.497 e. The van der Waals surface area contributed by atoms with Crippen LogP contribution in [0.4, 0.5) is 5.13 Å². The summed E-state index contributed by atoms with van der Waals surface area (Å²) in [6.45, 7) is 0. The Kier molecular flexibility index (Phi) is 4.71. The van der Waals surface area contributed by atoms with Gasteiger partial charge >= 0.3 is 0 Å². The number of methoxy groups -OCH3 is 1. The summed E-state index contributed by atoms with van der Waals surface area (Å²) in [6, 6.07) is 13.8. The molecular weight excluding hydrogens is 344 g/mol. The molecule has 5 heteroatoms.